The van der Waals surface area contributed by atoms with E-state index in [0.717, 1.165) is 25.9 Å². The molecule has 0 atom stereocenters. The normalized spacial score (nSPS) is 30.5. The van der Waals surface area contributed by atoms with Gasteiger partial charge in [-0.2, -0.15) is 0 Å². The number of piperidine rings is 1. The Balaban J connectivity index is 0.000000461. The van der Waals surface area contributed by atoms with Crippen LogP contribution in [0.25, 0.3) is 0 Å². The van der Waals surface area contributed by atoms with E-state index in [9.17, 15) is 0 Å². The highest BCUT2D eigenvalue weighted by atomic mass is 16.3. The summed E-state index contributed by atoms with van der Waals surface area (Å²) in [6, 6.07) is 0. The highest BCUT2D eigenvalue weighted by molar-refractivity contribution is 4.57. The van der Waals surface area contributed by atoms with Crippen LogP contribution < -0.4 is 4.90 Å². The van der Waals surface area contributed by atoms with Crippen LogP contribution in [0.2, 0.25) is 0 Å². The lowest BCUT2D eigenvalue weighted by molar-refractivity contribution is -0.904. The molecule has 1 rings (SSSR count). The van der Waals surface area contributed by atoms with Gasteiger partial charge in [0.15, 0.2) is 0 Å². The van der Waals surface area contributed by atoms with Gasteiger partial charge in [0, 0.05) is 12.8 Å². The Morgan fingerprint density at radius 1 is 1.27 bits per heavy atom. The van der Waals surface area contributed by atoms with Crippen molar-refractivity contribution in [3.63, 3.8) is 0 Å². The molecule has 0 aromatic carbocycles. The Bertz CT molecular complexity index is 77.6. The van der Waals surface area contributed by atoms with Crippen molar-refractivity contribution in [2.75, 3.05) is 19.6 Å². The molecule has 1 heterocycles. The van der Waals surface area contributed by atoms with E-state index in [1.807, 2.05) is 13.8 Å². The zero-order valence-electron chi connectivity index (χ0n) is 8.06. The fourth-order valence-electron chi connectivity index (χ4n) is 1.36. The van der Waals surface area contributed by atoms with Crippen LogP contribution in [0.3, 0.4) is 0 Å². The van der Waals surface area contributed by atoms with Gasteiger partial charge in [-0.3, -0.25) is 0 Å². The van der Waals surface area contributed by atoms with Gasteiger partial charge in [-0.05, 0) is 6.92 Å². The van der Waals surface area contributed by atoms with Gasteiger partial charge in [0.2, 0.25) is 0 Å². The maximum atomic E-state index is 9.11. The van der Waals surface area contributed by atoms with Crippen LogP contribution >= 0.6 is 0 Å². The SMILES string of the molecule is CC.CC[NH+]1CCC(O)CC1. The zero-order valence-corrected chi connectivity index (χ0v) is 8.06. The van der Waals surface area contributed by atoms with E-state index in [-0.39, 0.29) is 6.10 Å². The third-order valence-electron chi connectivity index (χ3n) is 2.16. The molecule has 68 valence electrons. The molecule has 1 fully saturated rings. The molecule has 0 aromatic heterocycles. The van der Waals surface area contributed by atoms with Crippen molar-refractivity contribution >= 4 is 0 Å². The maximum absolute atomic E-state index is 9.11. The molecule has 0 aromatic rings. The summed E-state index contributed by atoms with van der Waals surface area (Å²) in [5, 5.41) is 9.11. The Morgan fingerprint density at radius 2 is 1.73 bits per heavy atom. The molecule has 1 aliphatic heterocycles. The molecule has 2 heteroatoms. The third-order valence-corrected chi connectivity index (χ3v) is 2.16. The van der Waals surface area contributed by atoms with Crippen molar-refractivity contribution < 1.29 is 10.0 Å². The van der Waals surface area contributed by atoms with E-state index in [1.54, 1.807) is 4.90 Å². The predicted molar refractivity (Wildman–Crippen MR) is 47.8 cm³/mol. The fraction of sp³-hybridized carbons (Fsp3) is 1.00. The van der Waals surface area contributed by atoms with Crippen LogP contribution in [0.4, 0.5) is 0 Å². The van der Waals surface area contributed by atoms with E-state index < -0.39 is 0 Å². The van der Waals surface area contributed by atoms with Crippen LogP contribution in [0, 0.1) is 0 Å². The van der Waals surface area contributed by atoms with E-state index in [0.29, 0.717) is 0 Å². The number of aliphatic hydroxyl groups is 1. The summed E-state index contributed by atoms with van der Waals surface area (Å²) < 4.78 is 0. The summed E-state index contributed by atoms with van der Waals surface area (Å²) in [7, 11) is 0. The second-order valence-electron chi connectivity index (χ2n) is 2.83. The summed E-state index contributed by atoms with van der Waals surface area (Å²) in [6.07, 6.45) is 2.01. The minimum atomic E-state index is 0.000278. The van der Waals surface area contributed by atoms with Crippen LogP contribution in [0.15, 0.2) is 0 Å². The molecule has 2 N–H and O–H groups in total. The second-order valence-corrected chi connectivity index (χ2v) is 2.83. The third kappa shape index (κ3) is 4.38. The molecule has 0 amide bonds. The second kappa shape index (κ2) is 6.62. The molecule has 11 heavy (non-hydrogen) atoms. The van der Waals surface area contributed by atoms with Gasteiger partial charge >= 0.3 is 0 Å². The summed E-state index contributed by atoms with van der Waals surface area (Å²) in [4.78, 5) is 1.64. The molecular formula is C9H22NO+. The van der Waals surface area contributed by atoms with Gasteiger partial charge in [0.05, 0.1) is 25.7 Å². The highest BCUT2D eigenvalue weighted by Gasteiger charge is 2.17. The largest absolute Gasteiger partial charge is 0.393 e. The molecule has 2 nitrogen and oxygen atoms in total. The number of rotatable bonds is 1. The lowest BCUT2D eigenvalue weighted by Crippen LogP contribution is -3.12. The van der Waals surface area contributed by atoms with Gasteiger partial charge < -0.3 is 10.0 Å². The van der Waals surface area contributed by atoms with Crippen molar-refractivity contribution in [2.24, 2.45) is 0 Å². The maximum Gasteiger partial charge on any atom is 0.0795 e. The topological polar surface area (TPSA) is 24.7 Å². The molecule has 1 aliphatic rings. The van der Waals surface area contributed by atoms with Gasteiger partial charge in [0.25, 0.3) is 0 Å². The first-order valence-electron chi connectivity index (χ1n) is 4.84. The first kappa shape index (κ1) is 10.9. The summed E-state index contributed by atoms with van der Waals surface area (Å²) in [5.41, 5.74) is 0. The Labute approximate surface area is 70.2 Å². The molecular weight excluding hydrogens is 138 g/mol. The summed E-state index contributed by atoms with van der Waals surface area (Å²) >= 11 is 0. The summed E-state index contributed by atoms with van der Waals surface area (Å²) in [5.74, 6) is 0. The average molecular weight is 160 g/mol. The van der Waals surface area contributed by atoms with E-state index in [1.165, 1.54) is 6.54 Å². The number of hydrogen-bond donors (Lipinski definition) is 2. The quantitative estimate of drug-likeness (QED) is 0.557. The van der Waals surface area contributed by atoms with Gasteiger partial charge in [-0.25, -0.2) is 0 Å². The highest BCUT2D eigenvalue weighted by Crippen LogP contribution is 1.96. The van der Waals surface area contributed by atoms with E-state index >= 15 is 0 Å². The predicted octanol–water partition coefficient (Wildman–Crippen LogP) is 0.0721. The minimum Gasteiger partial charge on any atom is -0.393 e. The van der Waals surface area contributed by atoms with E-state index in [2.05, 4.69) is 6.92 Å². The standard InChI is InChI=1S/C7H15NO.C2H6/c1-2-8-5-3-7(9)4-6-8;1-2/h7,9H,2-6H2,1H3;1-2H3/p+1. The van der Waals surface area contributed by atoms with Crippen LogP contribution in [-0.2, 0) is 0 Å². The van der Waals surface area contributed by atoms with Gasteiger partial charge in [-0.1, -0.05) is 13.8 Å². The van der Waals surface area contributed by atoms with Gasteiger partial charge in [-0.15, -0.1) is 0 Å². The summed E-state index contributed by atoms with van der Waals surface area (Å²) in [6.45, 7) is 9.75. The van der Waals surface area contributed by atoms with Crippen LogP contribution in [0.5, 0.6) is 0 Å². The number of quaternary nitrogens is 1. The molecule has 0 aliphatic carbocycles. The molecule has 0 spiro atoms. The molecule has 0 saturated carbocycles. The monoisotopic (exact) mass is 160 g/mol. The van der Waals surface area contributed by atoms with Crippen molar-refractivity contribution in [3.05, 3.63) is 0 Å². The zero-order chi connectivity index (χ0) is 8.69. The van der Waals surface area contributed by atoms with Crippen LogP contribution in [-0.4, -0.2) is 30.8 Å². The molecule has 0 bridgehead atoms. The number of hydrogen-bond acceptors (Lipinski definition) is 1. The Hall–Kier alpha value is -0.0800. The smallest absolute Gasteiger partial charge is 0.0795 e. The van der Waals surface area contributed by atoms with Crippen LogP contribution in [0.1, 0.15) is 33.6 Å². The lowest BCUT2D eigenvalue weighted by Gasteiger charge is -2.25. The molecule has 1 saturated heterocycles. The Kier molecular flexibility index (Phi) is 6.57. The average Bonchev–Trinajstić information content (AvgIpc) is 2.10. The van der Waals surface area contributed by atoms with Crippen molar-refractivity contribution in [3.8, 4) is 0 Å². The first-order valence-corrected chi connectivity index (χ1v) is 4.84. The minimum absolute atomic E-state index is 0.000278. The van der Waals surface area contributed by atoms with Crippen molar-refractivity contribution in [1.29, 1.82) is 0 Å². The molecule has 0 unspecified atom stereocenters. The first-order chi connectivity index (χ1) is 5.33. The van der Waals surface area contributed by atoms with Crippen molar-refractivity contribution in [1.82, 2.24) is 0 Å². The fourth-order valence-corrected chi connectivity index (χ4v) is 1.36. The lowest BCUT2D eigenvalue weighted by atomic mass is 10.1. The number of nitrogens with one attached hydrogen (secondary N) is 1. The van der Waals surface area contributed by atoms with E-state index in [4.69, 9.17) is 5.11 Å². The van der Waals surface area contributed by atoms with Crippen molar-refractivity contribution in [2.45, 2.75) is 39.7 Å². The molecule has 0 radical (unpaired) electrons. The number of aliphatic hydroxyl groups excluding tert-OH is 1. The Morgan fingerprint density at radius 3 is 2.09 bits per heavy atom. The number of likely N-dealkylation sites (tertiary alicyclic amines) is 1. The van der Waals surface area contributed by atoms with Gasteiger partial charge in [0.1, 0.15) is 0 Å².